The number of amides is 1. The van der Waals surface area contributed by atoms with Crippen LogP contribution in [0.25, 0.3) is 0 Å². The molecule has 0 radical (unpaired) electrons. The maximum atomic E-state index is 12.1. The number of hydrogen-bond acceptors (Lipinski definition) is 5. The van der Waals surface area contributed by atoms with Gasteiger partial charge in [-0.25, -0.2) is 0 Å². The Bertz CT molecular complexity index is 706. The summed E-state index contributed by atoms with van der Waals surface area (Å²) in [7, 11) is 3.19. The van der Waals surface area contributed by atoms with Gasteiger partial charge in [-0.1, -0.05) is 12.1 Å². The van der Waals surface area contributed by atoms with Gasteiger partial charge in [0.25, 0.3) is 0 Å². The summed E-state index contributed by atoms with van der Waals surface area (Å²) < 4.78 is 15.9. The molecule has 5 nitrogen and oxygen atoms in total. The first kappa shape index (κ1) is 19.0. The van der Waals surface area contributed by atoms with Crippen LogP contribution in [0.5, 0.6) is 17.2 Å². The van der Waals surface area contributed by atoms with E-state index in [0.717, 1.165) is 16.2 Å². The number of carbonyl (C=O) groups excluding carboxylic acids is 1. The van der Waals surface area contributed by atoms with Crippen LogP contribution in [0.2, 0.25) is 0 Å². The van der Waals surface area contributed by atoms with Crippen molar-refractivity contribution in [1.29, 1.82) is 0 Å². The fraction of sp³-hybridized carbons (Fsp3) is 0.316. The molecule has 6 heteroatoms. The Labute approximate surface area is 152 Å². The lowest BCUT2D eigenvalue weighted by Crippen LogP contribution is -2.24. The van der Waals surface area contributed by atoms with Crippen LogP contribution in [0.3, 0.4) is 0 Å². The van der Waals surface area contributed by atoms with Gasteiger partial charge in [-0.2, -0.15) is 0 Å². The Kier molecular flexibility index (Phi) is 7.47. The monoisotopic (exact) mass is 361 g/mol. The molecule has 0 bridgehead atoms. The molecule has 0 aliphatic heterocycles. The predicted molar refractivity (Wildman–Crippen MR) is 99.7 cm³/mol. The van der Waals surface area contributed by atoms with Gasteiger partial charge in [-0.05, 0) is 42.8 Å². The van der Waals surface area contributed by atoms with E-state index in [4.69, 9.17) is 14.2 Å². The van der Waals surface area contributed by atoms with Crippen LogP contribution >= 0.6 is 11.8 Å². The number of nitrogens with one attached hydrogen (secondary N) is 1. The van der Waals surface area contributed by atoms with Gasteiger partial charge in [0.1, 0.15) is 5.75 Å². The van der Waals surface area contributed by atoms with E-state index >= 15 is 0 Å². The standard InChI is InChI=1S/C19H23NO4S/c1-4-24-15-7-5-6-14(10-15)12-20-19(21)13-25-16-8-9-17(22-2)18(11-16)23-3/h5-11H,4,12-13H2,1-3H3,(H,20,21). The largest absolute Gasteiger partial charge is 0.494 e. The third-order valence-electron chi connectivity index (χ3n) is 3.42. The molecule has 0 saturated heterocycles. The fourth-order valence-electron chi connectivity index (χ4n) is 2.22. The quantitative estimate of drug-likeness (QED) is 0.693. The SMILES string of the molecule is CCOc1cccc(CNC(=O)CSc2ccc(OC)c(OC)c2)c1. The Morgan fingerprint density at radius 2 is 1.88 bits per heavy atom. The highest BCUT2D eigenvalue weighted by molar-refractivity contribution is 8.00. The molecule has 0 saturated carbocycles. The minimum absolute atomic E-state index is 0.0263. The molecule has 0 unspecified atom stereocenters. The van der Waals surface area contributed by atoms with E-state index in [-0.39, 0.29) is 5.91 Å². The van der Waals surface area contributed by atoms with Crippen LogP contribution in [0.15, 0.2) is 47.4 Å². The minimum atomic E-state index is -0.0263. The predicted octanol–water partition coefficient (Wildman–Crippen LogP) is 3.51. The number of ether oxygens (including phenoxy) is 3. The maximum absolute atomic E-state index is 12.1. The summed E-state index contributed by atoms with van der Waals surface area (Å²) in [6.07, 6.45) is 0. The second-order valence-electron chi connectivity index (χ2n) is 5.16. The van der Waals surface area contributed by atoms with Gasteiger partial charge in [0, 0.05) is 11.4 Å². The summed E-state index contributed by atoms with van der Waals surface area (Å²) in [6, 6.07) is 13.3. The van der Waals surface area contributed by atoms with Gasteiger partial charge >= 0.3 is 0 Å². The number of rotatable bonds is 9. The first-order chi connectivity index (χ1) is 12.2. The molecule has 0 spiro atoms. The summed E-state index contributed by atoms with van der Waals surface area (Å²) in [5, 5.41) is 2.92. The molecule has 0 aromatic heterocycles. The lowest BCUT2D eigenvalue weighted by atomic mass is 10.2. The Morgan fingerprint density at radius 1 is 1.08 bits per heavy atom. The molecule has 25 heavy (non-hydrogen) atoms. The molecule has 1 N–H and O–H groups in total. The third kappa shape index (κ3) is 5.90. The zero-order valence-electron chi connectivity index (χ0n) is 14.7. The topological polar surface area (TPSA) is 56.8 Å². The molecule has 0 aliphatic carbocycles. The third-order valence-corrected chi connectivity index (χ3v) is 4.42. The minimum Gasteiger partial charge on any atom is -0.494 e. The van der Waals surface area contributed by atoms with Crippen molar-refractivity contribution in [2.45, 2.75) is 18.4 Å². The second kappa shape index (κ2) is 9.84. The average Bonchev–Trinajstić information content (AvgIpc) is 2.65. The Hall–Kier alpha value is -2.34. The zero-order valence-corrected chi connectivity index (χ0v) is 15.5. The molecule has 0 atom stereocenters. The van der Waals surface area contributed by atoms with Crippen molar-refractivity contribution in [3.63, 3.8) is 0 Å². The number of thioether (sulfide) groups is 1. The molecule has 0 heterocycles. The summed E-state index contributed by atoms with van der Waals surface area (Å²) in [4.78, 5) is 13.0. The number of benzene rings is 2. The number of hydrogen-bond donors (Lipinski definition) is 1. The first-order valence-corrected chi connectivity index (χ1v) is 8.98. The van der Waals surface area contributed by atoms with Gasteiger partial charge in [-0.3, -0.25) is 4.79 Å². The van der Waals surface area contributed by atoms with Gasteiger partial charge in [-0.15, -0.1) is 11.8 Å². The summed E-state index contributed by atoms with van der Waals surface area (Å²) >= 11 is 1.45. The van der Waals surface area contributed by atoms with Crippen molar-refractivity contribution >= 4 is 17.7 Å². The average molecular weight is 361 g/mol. The van der Waals surface area contributed by atoms with Crippen molar-refractivity contribution < 1.29 is 19.0 Å². The lowest BCUT2D eigenvalue weighted by Gasteiger charge is -2.10. The maximum Gasteiger partial charge on any atom is 0.230 e. The number of methoxy groups -OCH3 is 2. The molecule has 2 rings (SSSR count). The van der Waals surface area contributed by atoms with E-state index in [1.165, 1.54) is 11.8 Å². The number of carbonyl (C=O) groups is 1. The highest BCUT2D eigenvalue weighted by atomic mass is 32.2. The lowest BCUT2D eigenvalue weighted by molar-refractivity contribution is -0.118. The summed E-state index contributed by atoms with van der Waals surface area (Å²) in [5.41, 5.74) is 1.01. The van der Waals surface area contributed by atoms with E-state index < -0.39 is 0 Å². The van der Waals surface area contributed by atoms with Crippen molar-refractivity contribution in [3.05, 3.63) is 48.0 Å². The fourth-order valence-corrected chi connectivity index (χ4v) is 2.97. The van der Waals surface area contributed by atoms with Gasteiger partial charge in [0.15, 0.2) is 11.5 Å². The molecular weight excluding hydrogens is 338 g/mol. The van der Waals surface area contributed by atoms with Crippen molar-refractivity contribution in [2.75, 3.05) is 26.6 Å². The second-order valence-corrected chi connectivity index (χ2v) is 6.21. The van der Waals surface area contributed by atoms with E-state index in [1.807, 2.05) is 49.4 Å². The van der Waals surface area contributed by atoms with Crippen LogP contribution < -0.4 is 19.5 Å². The molecule has 134 valence electrons. The van der Waals surface area contributed by atoms with Gasteiger partial charge in [0.05, 0.1) is 26.6 Å². The Morgan fingerprint density at radius 3 is 2.60 bits per heavy atom. The van der Waals surface area contributed by atoms with Crippen molar-refractivity contribution in [1.82, 2.24) is 5.32 Å². The zero-order chi connectivity index (χ0) is 18.1. The smallest absolute Gasteiger partial charge is 0.230 e. The molecule has 1 amide bonds. The van der Waals surface area contributed by atoms with E-state index in [2.05, 4.69) is 5.32 Å². The first-order valence-electron chi connectivity index (χ1n) is 7.99. The van der Waals surface area contributed by atoms with E-state index in [9.17, 15) is 4.79 Å². The Balaban J connectivity index is 1.83. The van der Waals surface area contributed by atoms with Crippen LogP contribution in [0.4, 0.5) is 0 Å². The summed E-state index contributed by atoms with van der Waals surface area (Å²) in [6.45, 7) is 3.05. The van der Waals surface area contributed by atoms with Crippen molar-refractivity contribution in [2.24, 2.45) is 0 Å². The van der Waals surface area contributed by atoms with E-state index in [1.54, 1.807) is 14.2 Å². The van der Waals surface area contributed by atoms with Crippen LogP contribution in [0, 0.1) is 0 Å². The molecular formula is C19H23NO4S. The highest BCUT2D eigenvalue weighted by Crippen LogP contribution is 2.31. The van der Waals surface area contributed by atoms with Crippen LogP contribution in [-0.2, 0) is 11.3 Å². The molecule has 2 aromatic carbocycles. The summed E-state index contributed by atoms with van der Waals surface area (Å²) in [5.74, 6) is 2.45. The highest BCUT2D eigenvalue weighted by Gasteiger charge is 2.07. The van der Waals surface area contributed by atoms with Gasteiger partial charge in [0.2, 0.25) is 5.91 Å². The normalized spacial score (nSPS) is 10.2. The van der Waals surface area contributed by atoms with Crippen LogP contribution in [0.1, 0.15) is 12.5 Å². The van der Waals surface area contributed by atoms with Crippen LogP contribution in [-0.4, -0.2) is 32.5 Å². The molecule has 0 fully saturated rings. The van der Waals surface area contributed by atoms with E-state index in [0.29, 0.717) is 30.4 Å². The van der Waals surface area contributed by atoms with Gasteiger partial charge < -0.3 is 19.5 Å². The molecule has 2 aromatic rings. The van der Waals surface area contributed by atoms with Crippen molar-refractivity contribution in [3.8, 4) is 17.2 Å². The molecule has 0 aliphatic rings.